The molecule has 0 radical (unpaired) electrons. The molecule has 0 saturated carbocycles. The Kier molecular flexibility index (Phi) is 5.88. The fourth-order valence-corrected chi connectivity index (χ4v) is 3.72. The number of carbonyl (C=O) groups is 1. The van der Waals surface area contributed by atoms with Crippen LogP contribution in [0.1, 0.15) is 16.7 Å². The Balaban J connectivity index is 1.63. The zero-order valence-electron chi connectivity index (χ0n) is 16.1. The van der Waals surface area contributed by atoms with Crippen molar-refractivity contribution < 1.29 is 19.1 Å². The summed E-state index contributed by atoms with van der Waals surface area (Å²) in [7, 11) is 0. The first-order chi connectivity index (χ1) is 14.5. The summed E-state index contributed by atoms with van der Waals surface area (Å²) in [5.74, 6) is -0.367. The van der Waals surface area contributed by atoms with Gasteiger partial charge in [-0.25, -0.2) is 0 Å². The minimum atomic E-state index is -0.903. The van der Waals surface area contributed by atoms with E-state index in [2.05, 4.69) is 34.1 Å². The van der Waals surface area contributed by atoms with Gasteiger partial charge in [0.05, 0.1) is 12.7 Å². The fraction of sp³-hybridized carbons (Fsp3) is 0.125. The highest BCUT2D eigenvalue weighted by molar-refractivity contribution is 9.10. The zero-order valence-corrected chi connectivity index (χ0v) is 17.7. The highest BCUT2D eigenvalue weighted by Gasteiger charge is 2.12. The predicted molar refractivity (Wildman–Crippen MR) is 119 cm³/mol. The van der Waals surface area contributed by atoms with Gasteiger partial charge in [0.15, 0.2) is 0 Å². The van der Waals surface area contributed by atoms with E-state index < -0.39 is 5.97 Å². The summed E-state index contributed by atoms with van der Waals surface area (Å²) < 4.78 is 12.5. The van der Waals surface area contributed by atoms with Crippen LogP contribution >= 0.6 is 15.9 Å². The molecule has 0 amide bonds. The molecule has 0 fully saturated rings. The van der Waals surface area contributed by atoms with Crippen molar-refractivity contribution in [2.45, 2.75) is 19.6 Å². The van der Waals surface area contributed by atoms with Gasteiger partial charge in [0, 0.05) is 27.5 Å². The molecule has 3 aromatic carbocycles. The van der Waals surface area contributed by atoms with Crippen molar-refractivity contribution in [1.82, 2.24) is 0 Å². The summed E-state index contributed by atoms with van der Waals surface area (Å²) in [5.41, 5.74) is 11.3. The molecule has 1 heterocycles. The third kappa shape index (κ3) is 4.40. The van der Waals surface area contributed by atoms with Crippen LogP contribution in [0.15, 0.2) is 75.8 Å². The van der Waals surface area contributed by atoms with Crippen LogP contribution in [-0.2, 0) is 24.4 Å². The molecule has 0 unspecified atom stereocenters. The molecular weight excluding hydrogens is 446 g/mol. The summed E-state index contributed by atoms with van der Waals surface area (Å²) in [5, 5.41) is 10.1. The molecule has 4 aromatic rings. The number of ether oxygens (including phenoxy) is 1. The second-order valence-corrected chi connectivity index (χ2v) is 7.90. The molecule has 0 aliphatic rings. The fourth-order valence-electron chi connectivity index (χ4n) is 3.38. The largest absolute Gasteiger partial charge is 0.488 e. The minimum absolute atomic E-state index is 0.101. The number of rotatable bonds is 7. The zero-order chi connectivity index (χ0) is 21.1. The van der Waals surface area contributed by atoms with Crippen LogP contribution in [0.2, 0.25) is 0 Å². The molecular formula is C24H20BrNO4. The van der Waals surface area contributed by atoms with Crippen LogP contribution in [0.4, 0.5) is 0 Å². The van der Waals surface area contributed by atoms with E-state index in [1.165, 1.54) is 0 Å². The van der Waals surface area contributed by atoms with Crippen molar-refractivity contribution >= 4 is 32.9 Å². The van der Waals surface area contributed by atoms with Crippen LogP contribution in [0, 0.1) is 0 Å². The van der Waals surface area contributed by atoms with Crippen LogP contribution < -0.4 is 10.5 Å². The summed E-state index contributed by atoms with van der Waals surface area (Å²) in [6, 6.07) is 19.5. The normalized spacial score (nSPS) is 11.0. The molecule has 0 aliphatic carbocycles. The number of carboxylic acid groups (broad SMARTS) is 1. The van der Waals surface area contributed by atoms with Crippen molar-refractivity contribution in [3.05, 3.63) is 88.1 Å². The number of nitrogens with two attached hydrogens (primary N) is 1. The number of fused-ring (bicyclic) bond motifs is 1. The van der Waals surface area contributed by atoms with E-state index in [1.807, 2.05) is 24.3 Å². The van der Waals surface area contributed by atoms with Gasteiger partial charge in [0.25, 0.3) is 0 Å². The second-order valence-electron chi connectivity index (χ2n) is 6.99. The van der Waals surface area contributed by atoms with E-state index in [4.69, 9.17) is 20.0 Å². The number of carboxylic acids is 1. The van der Waals surface area contributed by atoms with Crippen molar-refractivity contribution in [2.24, 2.45) is 5.73 Å². The molecule has 0 atom stereocenters. The van der Waals surface area contributed by atoms with E-state index in [0.717, 1.165) is 37.7 Å². The molecule has 0 spiro atoms. The molecule has 30 heavy (non-hydrogen) atoms. The maximum absolute atomic E-state index is 11.1. The lowest BCUT2D eigenvalue weighted by atomic mass is 10.0. The highest BCUT2D eigenvalue weighted by atomic mass is 79.9. The third-order valence-electron chi connectivity index (χ3n) is 4.90. The van der Waals surface area contributed by atoms with E-state index in [1.54, 1.807) is 24.5 Å². The van der Waals surface area contributed by atoms with Gasteiger partial charge in [0.2, 0.25) is 0 Å². The Labute approximate surface area is 182 Å². The summed E-state index contributed by atoms with van der Waals surface area (Å²) in [6.45, 7) is 0.758. The van der Waals surface area contributed by atoms with Crippen molar-refractivity contribution in [3.8, 4) is 16.9 Å². The molecule has 4 rings (SSSR count). The second kappa shape index (κ2) is 8.73. The predicted octanol–water partition coefficient (Wildman–Crippen LogP) is 5.53. The van der Waals surface area contributed by atoms with E-state index in [-0.39, 0.29) is 13.0 Å². The molecule has 1 aromatic heterocycles. The maximum Gasteiger partial charge on any atom is 0.307 e. The SMILES string of the molecule is NCc1cccc(-c2ccc3occ(COc4cc(Br)ccc4CC(=O)O)c3c2)c1. The molecule has 3 N–H and O–H groups in total. The van der Waals surface area contributed by atoms with Crippen molar-refractivity contribution in [3.63, 3.8) is 0 Å². The highest BCUT2D eigenvalue weighted by Crippen LogP contribution is 2.30. The molecule has 152 valence electrons. The Bertz CT molecular complexity index is 1220. The summed E-state index contributed by atoms with van der Waals surface area (Å²) in [6.07, 6.45) is 1.58. The average molecular weight is 466 g/mol. The average Bonchev–Trinajstić information content (AvgIpc) is 3.16. The molecule has 5 nitrogen and oxygen atoms in total. The number of furan rings is 1. The van der Waals surface area contributed by atoms with Crippen LogP contribution in [-0.4, -0.2) is 11.1 Å². The number of halogens is 1. The lowest BCUT2D eigenvalue weighted by Gasteiger charge is -2.11. The molecule has 6 heteroatoms. The molecule has 0 saturated heterocycles. The molecule has 0 bridgehead atoms. The van der Waals surface area contributed by atoms with E-state index in [9.17, 15) is 4.79 Å². The van der Waals surface area contributed by atoms with Crippen molar-refractivity contribution in [2.75, 3.05) is 0 Å². The number of hydrogen-bond acceptors (Lipinski definition) is 4. The topological polar surface area (TPSA) is 85.7 Å². The lowest BCUT2D eigenvalue weighted by Crippen LogP contribution is -2.04. The quantitative estimate of drug-likeness (QED) is 0.374. The maximum atomic E-state index is 11.1. The first kappa shape index (κ1) is 20.2. The lowest BCUT2D eigenvalue weighted by molar-refractivity contribution is -0.136. The van der Waals surface area contributed by atoms with Crippen LogP contribution in [0.25, 0.3) is 22.1 Å². The third-order valence-corrected chi connectivity index (χ3v) is 5.40. The van der Waals surface area contributed by atoms with Gasteiger partial charge in [0.1, 0.15) is 17.9 Å². The van der Waals surface area contributed by atoms with Crippen LogP contribution in [0.3, 0.4) is 0 Å². The smallest absolute Gasteiger partial charge is 0.307 e. The van der Waals surface area contributed by atoms with E-state index >= 15 is 0 Å². The van der Waals surface area contributed by atoms with E-state index in [0.29, 0.717) is 17.9 Å². The summed E-state index contributed by atoms with van der Waals surface area (Å²) in [4.78, 5) is 11.1. The summed E-state index contributed by atoms with van der Waals surface area (Å²) >= 11 is 3.41. The van der Waals surface area contributed by atoms with Gasteiger partial charge in [-0.15, -0.1) is 0 Å². The minimum Gasteiger partial charge on any atom is -0.488 e. The van der Waals surface area contributed by atoms with Gasteiger partial charge in [-0.3, -0.25) is 4.79 Å². The monoisotopic (exact) mass is 465 g/mol. The first-order valence-electron chi connectivity index (χ1n) is 9.46. The Morgan fingerprint density at radius 2 is 1.87 bits per heavy atom. The first-order valence-corrected chi connectivity index (χ1v) is 10.3. The number of aliphatic carboxylic acids is 1. The Morgan fingerprint density at radius 1 is 1.03 bits per heavy atom. The van der Waals surface area contributed by atoms with Gasteiger partial charge >= 0.3 is 5.97 Å². The van der Waals surface area contributed by atoms with Crippen molar-refractivity contribution in [1.29, 1.82) is 0 Å². The van der Waals surface area contributed by atoms with Gasteiger partial charge in [-0.2, -0.15) is 0 Å². The standard InChI is InChI=1S/C24H20BrNO4/c25-20-6-4-18(10-24(27)28)23(11-20)30-14-19-13-29-22-7-5-17(9-21(19)22)16-3-1-2-15(8-16)12-26/h1-9,11,13H,10,12,14,26H2,(H,27,28). The van der Waals surface area contributed by atoms with Crippen LogP contribution in [0.5, 0.6) is 5.75 Å². The Hall–Kier alpha value is -3.09. The number of hydrogen-bond donors (Lipinski definition) is 2. The van der Waals surface area contributed by atoms with Gasteiger partial charge in [-0.05, 0) is 47.0 Å². The van der Waals surface area contributed by atoms with Gasteiger partial charge in [-0.1, -0.05) is 46.3 Å². The van der Waals surface area contributed by atoms with Gasteiger partial charge < -0.3 is 20.0 Å². The number of benzene rings is 3. The Morgan fingerprint density at radius 3 is 2.67 bits per heavy atom. The molecule has 0 aliphatic heterocycles.